The van der Waals surface area contributed by atoms with Crippen LogP contribution < -0.4 is 10.2 Å². The number of hydrogen-bond acceptors (Lipinski definition) is 4. The van der Waals surface area contributed by atoms with Crippen molar-refractivity contribution < 1.29 is 4.79 Å². The van der Waals surface area contributed by atoms with Gasteiger partial charge in [0.2, 0.25) is 0 Å². The van der Waals surface area contributed by atoms with Crippen LogP contribution in [0.1, 0.15) is 34.5 Å². The van der Waals surface area contributed by atoms with Crippen molar-refractivity contribution in [2.45, 2.75) is 26.3 Å². The predicted molar refractivity (Wildman–Crippen MR) is 111 cm³/mol. The molecule has 1 saturated heterocycles. The molecule has 28 heavy (non-hydrogen) atoms. The average molecular weight is 396 g/mol. The van der Waals surface area contributed by atoms with Gasteiger partial charge in [-0.15, -0.1) is 0 Å². The van der Waals surface area contributed by atoms with Crippen LogP contribution in [0.3, 0.4) is 0 Å². The number of nitrogens with zero attached hydrogens (tertiary/aromatic N) is 4. The van der Waals surface area contributed by atoms with Gasteiger partial charge in [0, 0.05) is 13.1 Å². The van der Waals surface area contributed by atoms with Crippen molar-refractivity contribution in [1.82, 2.24) is 14.8 Å². The normalized spacial score (nSPS) is 13.7. The molecule has 6 nitrogen and oxygen atoms in total. The number of halogens is 1. The van der Waals surface area contributed by atoms with Crippen molar-refractivity contribution in [2.75, 3.05) is 23.3 Å². The summed E-state index contributed by atoms with van der Waals surface area (Å²) in [5.41, 5.74) is 2.70. The molecule has 0 atom stereocenters. The Morgan fingerprint density at radius 3 is 2.57 bits per heavy atom. The van der Waals surface area contributed by atoms with E-state index in [0.717, 1.165) is 24.5 Å². The van der Waals surface area contributed by atoms with Crippen molar-refractivity contribution in [3.05, 3.63) is 70.6 Å². The number of nitrogens with one attached hydrogen (secondary N) is 1. The van der Waals surface area contributed by atoms with Crippen LogP contribution in [0, 0.1) is 6.92 Å². The summed E-state index contributed by atoms with van der Waals surface area (Å²) in [7, 11) is 0. The van der Waals surface area contributed by atoms with Gasteiger partial charge in [0.15, 0.2) is 0 Å². The quantitative estimate of drug-likeness (QED) is 0.705. The van der Waals surface area contributed by atoms with E-state index in [1.807, 2.05) is 42.5 Å². The van der Waals surface area contributed by atoms with Gasteiger partial charge in [0.05, 0.1) is 29.7 Å². The Morgan fingerprint density at radius 2 is 1.89 bits per heavy atom. The monoisotopic (exact) mass is 395 g/mol. The summed E-state index contributed by atoms with van der Waals surface area (Å²) >= 11 is 6.47. The zero-order valence-corrected chi connectivity index (χ0v) is 16.5. The molecule has 1 fully saturated rings. The molecule has 1 aliphatic rings. The SMILES string of the molecule is Cc1nn(Cc2ccccc2)c(Cl)c1C(=O)Nc1ccc(N2CCCC2)nc1. The summed E-state index contributed by atoms with van der Waals surface area (Å²) < 4.78 is 1.65. The molecule has 4 rings (SSSR count). The van der Waals surface area contributed by atoms with Gasteiger partial charge in [-0.1, -0.05) is 41.9 Å². The minimum absolute atomic E-state index is 0.280. The van der Waals surface area contributed by atoms with Gasteiger partial charge in [-0.25, -0.2) is 9.67 Å². The summed E-state index contributed by atoms with van der Waals surface area (Å²) in [5.74, 6) is 0.665. The molecule has 1 amide bonds. The van der Waals surface area contributed by atoms with Crippen LogP contribution in [0.2, 0.25) is 5.15 Å². The van der Waals surface area contributed by atoms with Gasteiger partial charge in [-0.2, -0.15) is 5.10 Å². The number of pyridine rings is 1. The fourth-order valence-electron chi connectivity index (χ4n) is 3.46. The fraction of sp³-hybridized carbons (Fsp3) is 0.286. The second-order valence-corrected chi connectivity index (χ2v) is 7.31. The number of aryl methyl sites for hydroxylation is 1. The van der Waals surface area contributed by atoms with E-state index >= 15 is 0 Å². The first-order valence-electron chi connectivity index (χ1n) is 9.41. The molecule has 3 aromatic rings. The maximum Gasteiger partial charge on any atom is 0.260 e. The first kappa shape index (κ1) is 18.5. The molecule has 7 heteroatoms. The van der Waals surface area contributed by atoms with Crippen LogP contribution in [0.25, 0.3) is 0 Å². The van der Waals surface area contributed by atoms with E-state index in [9.17, 15) is 4.79 Å². The summed E-state index contributed by atoms with van der Waals surface area (Å²) in [6.45, 7) is 4.37. The standard InChI is InChI=1S/C21H22ClN5O/c1-15-19(20(22)27(25-15)14-16-7-3-2-4-8-16)21(28)24-17-9-10-18(23-13-17)26-11-5-6-12-26/h2-4,7-10,13H,5-6,11-12,14H2,1H3,(H,24,28). The topological polar surface area (TPSA) is 63.1 Å². The van der Waals surface area contributed by atoms with E-state index in [1.165, 1.54) is 12.8 Å². The highest BCUT2D eigenvalue weighted by atomic mass is 35.5. The van der Waals surface area contributed by atoms with Crippen molar-refractivity contribution in [2.24, 2.45) is 0 Å². The van der Waals surface area contributed by atoms with Crippen LogP contribution in [0.4, 0.5) is 11.5 Å². The second kappa shape index (κ2) is 8.02. The number of hydrogen-bond donors (Lipinski definition) is 1. The zero-order chi connectivity index (χ0) is 19.5. The van der Waals surface area contributed by atoms with Crippen molar-refractivity contribution in [1.29, 1.82) is 0 Å². The first-order valence-corrected chi connectivity index (χ1v) is 9.79. The molecule has 0 bridgehead atoms. The maximum atomic E-state index is 12.8. The van der Waals surface area contributed by atoms with Gasteiger partial charge in [-0.3, -0.25) is 4.79 Å². The number of amides is 1. The highest BCUT2D eigenvalue weighted by Gasteiger charge is 2.21. The van der Waals surface area contributed by atoms with Crippen LogP contribution >= 0.6 is 11.6 Å². The smallest absolute Gasteiger partial charge is 0.260 e. The van der Waals surface area contributed by atoms with E-state index in [1.54, 1.807) is 17.8 Å². The Hall–Kier alpha value is -2.86. The van der Waals surface area contributed by atoms with Gasteiger partial charge < -0.3 is 10.2 Å². The van der Waals surface area contributed by atoms with E-state index < -0.39 is 0 Å². The number of carbonyl (C=O) groups is 1. The minimum Gasteiger partial charge on any atom is -0.357 e. The van der Waals surface area contributed by atoms with E-state index in [-0.39, 0.29) is 5.91 Å². The largest absolute Gasteiger partial charge is 0.357 e. The van der Waals surface area contributed by atoms with Crippen molar-refractivity contribution in [3.8, 4) is 0 Å². The molecular weight excluding hydrogens is 374 g/mol. The van der Waals surface area contributed by atoms with E-state index in [2.05, 4.69) is 20.3 Å². The minimum atomic E-state index is -0.280. The highest BCUT2D eigenvalue weighted by molar-refractivity contribution is 6.33. The molecule has 1 aromatic carbocycles. The molecule has 0 radical (unpaired) electrons. The summed E-state index contributed by atoms with van der Waals surface area (Å²) in [6.07, 6.45) is 4.08. The van der Waals surface area contributed by atoms with Crippen molar-refractivity contribution in [3.63, 3.8) is 0 Å². The molecule has 0 unspecified atom stereocenters. The lowest BCUT2D eigenvalue weighted by Crippen LogP contribution is -2.19. The van der Waals surface area contributed by atoms with E-state index in [4.69, 9.17) is 11.6 Å². The predicted octanol–water partition coefficient (Wildman–Crippen LogP) is 4.14. The first-order chi connectivity index (χ1) is 13.6. The average Bonchev–Trinajstić information content (AvgIpc) is 3.32. The second-order valence-electron chi connectivity index (χ2n) is 6.95. The maximum absolute atomic E-state index is 12.8. The van der Waals surface area contributed by atoms with Gasteiger partial charge >= 0.3 is 0 Å². The lowest BCUT2D eigenvalue weighted by Gasteiger charge is -2.16. The van der Waals surface area contributed by atoms with Crippen molar-refractivity contribution >= 4 is 29.0 Å². The molecule has 0 aliphatic carbocycles. The Kier molecular flexibility index (Phi) is 5.30. The van der Waals surface area contributed by atoms with Gasteiger partial charge in [-0.05, 0) is 37.5 Å². The molecule has 1 aliphatic heterocycles. The lowest BCUT2D eigenvalue weighted by molar-refractivity contribution is 0.102. The van der Waals surface area contributed by atoms with Crippen LogP contribution in [0.5, 0.6) is 0 Å². The Labute approximate surface area is 169 Å². The summed E-state index contributed by atoms with van der Waals surface area (Å²) in [6, 6.07) is 13.7. The molecule has 2 aromatic heterocycles. The Morgan fingerprint density at radius 1 is 1.14 bits per heavy atom. The fourth-order valence-corrected chi connectivity index (χ4v) is 3.78. The van der Waals surface area contributed by atoms with Crippen LogP contribution in [0.15, 0.2) is 48.7 Å². The number of benzene rings is 1. The number of aromatic nitrogens is 3. The van der Waals surface area contributed by atoms with Gasteiger partial charge in [0.25, 0.3) is 5.91 Å². The third kappa shape index (κ3) is 3.87. The number of carbonyl (C=O) groups excluding carboxylic acids is 1. The van der Waals surface area contributed by atoms with Crippen LogP contribution in [-0.4, -0.2) is 33.8 Å². The number of rotatable bonds is 5. The third-order valence-corrected chi connectivity index (χ3v) is 5.29. The Bertz CT molecular complexity index is 962. The molecule has 0 saturated carbocycles. The molecule has 144 valence electrons. The van der Waals surface area contributed by atoms with E-state index in [0.29, 0.717) is 28.6 Å². The number of anilines is 2. The van der Waals surface area contributed by atoms with Crippen LogP contribution in [-0.2, 0) is 6.54 Å². The molecular formula is C21H22ClN5O. The summed E-state index contributed by atoms with van der Waals surface area (Å²) in [5, 5.41) is 7.65. The third-order valence-electron chi connectivity index (χ3n) is 4.90. The highest BCUT2D eigenvalue weighted by Crippen LogP contribution is 2.23. The summed E-state index contributed by atoms with van der Waals surface area (Å²) in [4.78, 5) is 19.5. The molecule has 1 N–H and O–H groups in total. The zero-order valence-electron chi connectivity index (χ0n) is 15.7. The molecule has 0 spiro atoms. The lowest BCUT2D eigenvalue weighted by atomic mass is 10.2. The van der Waals surface area contributed by atoms with Gasteiger partial charge in [0.1, 0.15) is 11.0 Å². The molecule has 3 heterocycles. The Balaban J connectivity index is 1.48.